The van der Waals surface area contributed by atoms with Gasteiger partial charge in [0, 0.05) is 31.1 Å². The number of aliphatic hydroxyl groups is 1. The molecule has 24 heavy (non-hydrogen) atoms. The lowest BCUT2D eigenvalue weighted by Crippen LogP contribution is -2.76. The minimum absolute atomic E-state index is 0.0408. The monoisotopic (exact) mass is 327 g/mol. The summed E-state index contributed by atoms with van der Waals surface area (Å²) in [5.74, 6) is 0.528. The quantitative estimate of drug-likeness (QED) is 0.802. The first kappa shape index (κ1) is 14.5. The van der Waals surface area contributed by atoms with Crippen LogP contribution in [0.15, 0.2) is 24.8 Å². The standard InChI is InChI=1S/C19H21NO4/c1-2-8-20-9-7-18-15-11-3-4-12(21)16(15)24-17(18)13(22)5-6-19(18,23)14(20)10-11/h2-4,14,17,21,23H,1,5-10H2/t14-,17+,18-,19+/m0/s1. The smallest absolute Gasteiger partial charge is 0.174 e. The molecule has 2 fully saturated rings. The molecule has 0 unspecified atom stereocenters. The fourth-order valence-electron chi connectivity index (χ4n) is 5.80. The van der Waals surface area contributed by atoms with Gasteiger partial charge in [-0.1, -0.05) is 12.1 Å². The van der Waals surface area contributed by atoms with Gasteiger partial charge in [0.2, 0.25) is 0 Å². The average molecular weight is 327 g/mol. The molecular weight excluding hydrogens is 306 g/mol. The SMILES string of the molecule is C=CCN1CC[C@]23c4c5ccc(O)c4O[C@@H]2C(=O)CC[C@@]3(O)[C@@H]1C5. The Hall–Kier alpha value is -1.85. The zero-order valence-electron chi connectivity index (χ0n) is 13.5. The highest BCUT2D eigenvalue weighted by Crippen LogP contribution is 2.64. The van der Waals surface area contributed by atoms with Gasteiger partial charge in [-0.25, -0.2) is 0 Å². The van der Waals surface area contributed by atoms with Gasteiger partial charge in [0.25, 0.3) is 0 Å². The number of rotatable bonds is 2. The number of ketones is 1. The number of aromatic hydroxyl groups is 1. The zero-order valence-corrected chi connectivity index (χ0v) is 13.5. The van der Waals surface area contributed by atoms with Crippen LogP contribution in [-0.2, 0) is 16.6 Å². The van der Waals surface area contributed by atoms with E-state index in [2.05, 4.69) is 11.5 Å². The molecular formula is C19H21NO4. The summed E-state index contributed by atoms with van der Waals surface area (Å²) in [6.07, 6.45) is 3.35. The van der Waals surface area contributed by atoms with Crippen molar-refractivity contribution >= 4 is 5.78 Å². The highest BCUT2D eigenvalue weighted by molar-refractivity contribution is 5.90. The molecule has 2 N–H and O–H groups in total. The van der Waals surface area contributed by atoms with Crippen LogP contribution in [0.1, 0.15) is 30.4 Å². The summed E-state index contributed by atoms with van der Waals surface area (Å²) in [5, 5.41) is 22.1. The number of ether oxygens (including phenoxy) is 1. The van der Waals surface area contributed by atoms with Gasteiger partial charge in [-0.2, -0.15) is 0 Å². The predicted octanol–water partition coefficient (Wildman–Crippen LogP) is 1.30. The lowest BCUT2D eigenvalue weighted by molar-refractivity contribution is -0.187. The zero-order chi connectivity index (χ0) is 16.7. The van der Waals surface area contributed by atoms with Crippen LogP contribution in [0.25, 0.3) is 0 Å². The number of hydrogen-bond donors (Lipinski definition) is 2. The molecule has 126 valence electrons. The first-order valence-corrected chi connectivity index (χ1v) is 8.65. The van der Waals surface area contributed by atoms with E-state index >= 15 is 0 Å². The van der Waals surface area contributed by atoms with Crippen molar-refractivity contribution in [3.63, 3.8) is 0 Å². The van der Waals surface area contributed by atoms with Crippen molar-refractivity contribution in [3.05, 3.63) is 35.9 Å². The van der Waals surface area contributed by atoms with Gasteiger partial charge >= 0.3 is 0 Å². The van der Waals surface area contributed by atoms with E-state index in [4.69, 9.17) is 4.74 Å². The number of Topliss-reactive ketones (excluding diaryl/α,β-unsaturated/α-hetero) is 1. The number of carbonyl (C=O) groups is 1. The fraction of sp³-hybridized carbons (Fsp3) is 0.526. The molecule has 5 heteroatoms. The second-order valence-electron chi connectivity index (χ2n) is 7.56. The molecule has 2 aliphatic heterocycles. The molecule has 1 saturated carbocycles. The Labute approximate surface area is 140 Å². The molecule has 1 spiro atoms. The van der Waals surface area contributed by atoms with Crippen molar-refractivity contribution < 1.29 is 19.7 Å². The van der Waals surface area contributed by atoms with Gasteiger partial charge in [-0.3, -0.25) is 9.69 Å². The van der Waals surface area contributed by atoms with Crippen molar-refractivity contribution in [2.45, 2.75) is 48.8 Å². The summed E-state index contributed by atoms with van der Waals surface area (Å²) < 4.78 is 5.98. The Morgan fingerprint density at radius 2 is 2.25 bits per heavy atom. The van der Waals surface area contributed by atoms with E-state index in [-0.39, 0.29) is 17.6 Å². The van der Waals surface area contributed by atoms with Crippen molar-refractivity contribution in [1.82, 2.24) is 4.90 Å². The highest BCUT2D eigenvalue weighted by atomic mass is 16.5. The highest BCUT2D eigenvalue weighted by Gasteiger charge is 2.72. The Balaban J connectivity index is 1.80. The number of likely N-dealkylation sites (tertiary alicyclic amines) is 1. The molecule has 2 aliphatic carbocycles. The molecule has 1 aromatic carbocycles. The molecule has 1 aromatic rings. The Bertz CT molecular complexity index is 775. The summed E-state index contributed by atoms with van der Waals surface area (Å²) in [6.45, 7) is 5.36. The first-order chi connectivity index (χ1) is 11.5. The van der Waals surface area contributed by atoms with E-state index in [0.717, 1.165) is 24.2 Å². The maximum Gasteiger partial charge on any atom is 0.174 e. The lowest BCUT2D eigenvalue weighted by atomic mass is 9.49. The number of phenols is 1. The van der Waals surface area contributed by atoms with E-state index < -0.39 is 17.1 Å². The summed E-state index contributed by atoms with van der Waals surface area (Å²) >= 11 is 0. The minimum Gasteiger partial charge on any atom is -0.504 e. The maximum absolute atomic E-state index is 12.6. The molecule has 2 heterocycles. The Morgan fingerprint density at radius 3 is 3.04 bits per heavy atom. The van der Waals surface area contributed by atoms with Crippen LogP contribution in [0, 0.1) is 0 Å². The predicted molar refractivity (Wildman–Crippen MR) is 87.3 cm³/mol. The molecule has 0 amide bonds. The van der Waals surface area contributed by atoms with Crippen LogP contribution in [-0.4, -0.2) is 51.7 Å². The third kappa shape index (κ3) is 1.38. The summed E-state index contributed by atoms with van der Waals surface area (Å²) in [5.41, 5.74) is 0.256. The molecule has 0 radical (unpaired) electrons. The number of phenolic OH excluding ortho intramolecular Hbond substituents is 1. The normalized spacial score (nSPS) is 39.3. The molecule has 4 atom stereocenters. The van der Waals surface area contributed by atoms with Crippen molar-refractivity contribution in [1.29, 1.82) is 0 Å². The van der Waals surface area contributed by atoms with E-state index in [1.54, 1.807) is 6.07 Å². The fourth-order valence-corrected chi connectivity index (χ4v) is 5.80. The summed E-state index contributed by atoms with van der Waals surface area (Å²) in [4.78, 5) is 14.9. The van der Waals surface area contributed by atoms with E-state index in [9.17, 15) is 15.0 Å². The number of hydrogen-bond acceptors (Lipinski definition) is 5. The third-order valence-corrected chi connectivity index (χ3v) is 6.73. The Kier molecular flexibility index (Phi) is 2.66. The van der Waals surface area contributed by atoms with E-state index in [1.807, 2.05) is 12.1 Å². The second kappa shape index (κ2) is 4.41. The van der Waals surface area contributed by atoms with Gasteiger partial charge in [-0.15, -0.1) is 6.58 Å². The van der Waals surface area contributed by atoms with Gasteiger partial charge in [0.15, 0.2) is 23.4 Å². The van der Waals surface area contributed by atoms with E-state index in [1.165, 1.54) is 0 Å². The molecule has 5 rings (SSSR count). The van der Waals surface area contributed by atoms with Crippen molar-refractivity contribution in [2.75, 3.05) is 13.1 Å². The summed E-state index contributed by atoms with van der Waals surface area (Å²) in [7, 11) is 0. The minimum atomic E-state index is -1.00. The van der Waals surface area contributed by atoms with Crippen LogP contribution in [0.2, 0.25) is 0 Å². The van der Waals surface area contributed by atoms with E-state index in [0.29, 0.717) is 31.4 Å². The Morgan fingerprint density at radius 1 is 1.42 bits per heavy atom. The third-order valence-electron chi connectivity index (χ3n) is 6.73. The van der Waals surface area contributed by atoms with Crippen LogP contribution in [0.5, 0.6) is 11.5 Å². The average Bonchev–Trinajstić information content (AvgIpc) is 2.91. The summed E-state index contributed by atoms with van der Waals surface area (Å²) in [6, 6.07) is 3.52. The van der Waals surface area contributed by atoms with Crippen molar-refractivity contribution in [3.8, 4) is 11.5 Å². The van der Waals surface area contributed by atoms with Crippen LogP contribution < -0.4 is 4.74 Å². The first-order valence-electron chi connectivity index (χ1n) is 8.65. The lowest BCUT2D eigenvalue weighted by Gasteiger charge is -2.62. The molecule has 4 aliphatic rings. The maximum atomic E-state index is 12.6. The van der Waals surface area contributed by atoms with Crippen LogP contribution >= 0.6 is 0 Å². The molecule has 0 aromatic heterocycles. The van der Waals surface area contributed by atoms with Crippen LogP contribution in [0.4, 0.5) is 0 Å². The largest absolute Gasteiger partial charge is 0.504 e. The molecule has 2 bridgehead atoms. The van der Waals surface area contributed by atoms with Crippen LogP contribution in [0.3, 0.4) is 0 Å². The number of nitrogens with zero attached hydrogens (tertiary/aromatic N) is 1. The van der Waals surface area contributed by atoms with Crippen molar-refractivity contribution in [2.24, 2.45) is 0 Å². The molecule has 1 saturated heterocycles. The van der Waals surface area contributed by atoms with Gasteiger partial charge in [-0.05, 0) is 30.9 Å². The van der Waals surface area contributed by atoms with Gasteiger partial charge in [0.1, 0.15) is 0 Å². The van der Waals surface area contributed by atoms with Gasteiger partial charge in [0.05, 0.1) is 11.0 Å². The number of piperidine rings is 1. The number of carbonyl (C=O) groups excluding carboxylic acids is 1. The van der Waals surface area contributed by atoms with Gasteiger partial charge < -0.3 is 14.9 Å². The number of benzene rings is 1. The topological polar surface area (TPSA) is 70.0 Å². The second-order valence-corrected chi connectivity index (χ2v) is 7.56. The molecule has 5 nitrogen and oxygen atoms in total.